The van der Waals surface area contributed by atoms with E-state index in [4.69, 9.17) is 11.6 Å². The first-order chi connectivity index (χ1) is 7.16. The summed E-state index contributed by atoms with van der Waals surface area (Å²) in [5.41, 5.74) is -0.327. The fraction of sp³-hybridized carbons (Fsp3) is 0.300. The van der Waals surface area contributed by atoms with Crippen molar-refractivity contribution in [2.24, 2.45) is 0 Å². The Labute approximate surface area is 91.9 Å². The second-order valence-corrected chi connectivity index (χ2v) is 3.31. The highest BCUT2D eigenvalue weighted by Gasteiger charge is 2.15. The Kier molecular flexibility index (Phi) is 4.37. The molecule has 0 heterocycles. The summed E-state index contributed by atoms with van der Waals surface area (Å²) < 4.78 is 13.2. The summed E-state index contributed by atoms with van der Waals surface area (Å²) in [4.78, 5) is 11.4. The third kappa shape index (κ3) is 3.09. The number of halogens is 2. The van der Waals surface area contributed by atoms with Gasteiger partial charge in [0, 0.05) is 12.4 Å². The molecule has 1 aromatic carbocycles. The predicted octanol–water partition coefficient (Wildman–Crippen LogP) is 1.89. The Balaban J connectivity index is 2.73. The van der Waals surface area contributed by atoms with E-state index in [1.807, 2.05) is 0 Å². The molecule has 0 atom stereocenters. The molecule has 0 radical (unpaired) electrons. The van der Waals surface area contributed by atoms with Gasteiger partial charge in [-0.15, -0.1) is 11.6 Å². The molecule has 0 saturated carbocycles. The molecule has 0 spiro atoms. The standard InChI is InChI=1S/C10H11ClFNO2/c11-5-2-6-13-10(15)9-7(12)3-1-4-8(9)14/h1,3-4,14H,2,5-6H2,(H,13,15). The summed E-state index contributed by atoms with van der Waals surface area (Å²) in [5, 5.41) is 11.7. The summed E-state index contributed by atoms with van der Waals surface area (Å²) >= 11 is 5.42. The van der Waals surface area contributed by atoms with Gasteiger partial charge < -0.3 is 10.4 Å². The van der Waals surface area contributed by atoms with Crippen LogP contribution in [0.1, 0.15) is 16.8 Å². The molecular formula is C10H11ClFNO2. The maximum atomic E-state index is 13.2. The largest absolute Gasteiger partial charge is 0.507 e. The number of phenolic OH excluding ortho intramolecular Hbond substituents is 1. The van der Waals surface area contributed by atoms with Gasteiger partial charge in [-0.05, 0) is 18.6 Å². The van der Waals surface area contributed by atoms with Crippen molar-refractivity contribution >= 4 is 17.5 Å². The van der Waals surface area contributed by atoms with Gasteiger partial charge in [0.2, 0.25) is 0 Å². The number of hydrogen-bond donors (Lipinski definition) is 2. The molecule has 0 aliphatic rings. The first kappa shape index (κ1) is 11.8. The van der Waals surface area contributed by atoms with E-state index in [0.29, 0.717) is 18.8 Å². The van der Waals surface area contributed by atoms with E-state index in [1.165, 1.54) is 12.1 Å². The molecule has 2 N–H and O–H groups in total. The van der Waals surface area contributed by atoms with Crippen molar-refractivity contribution in [2.75, 3.05) is 12.4 Å². The van der Waals surface area contributed by atoms with Crippen LogP contribution < -0.4 is 5.32 Å². The lowest BCUT2D eigenvalue weighted by Gasteiger charge is -2.06. The van der Waals surface area contributed by atoms with Gasteiger partial charge >= 0.3 is 0 Å². The molecule has 1 amide bonds. The summed E-state index contributed by atoms with van der Waals surface area (Å²) in [6, 6.07) is 3.72. The highest BCUT2D eigenvalue weighted by atomic mass is 35.5. The zero-order valence-electron chi connectivity index (χ0n) is 7.96. The summed E-state index contributed by atoms with van der Waals surface area (Å²) in [6.45, 7) is 0.357. The number of phenols is 1. The Hall–Kier alpha value is -1.29. The number of nitrogens with one attached hydrogen (secondary N) is 1. The second kappa shape index (κ2) is 5.56. The Bertz CT molecular complexity index is 337. The highest BCUT2D eigenvalue weighted by molar-refractivity contribution is 6.17. The molecule has 15 heavy (non-hydrogen) atoms. The van der Waals surface area contributed by atoms with E-state index >= 15 is 0 Å². The van der Waals surface area contributed by atoms with E-state index in [2.05, 4.69) is 5.32 Å². The van der Waals surface area contributed by atoms with Crippen LogP contribution in [0.3, 0.4) is 0 Å². The van der Waals surface area contributed by atoms with Crippen molar-refractivity contribution in [3.8, 4) is 5.75 Å². The molecule has 0 saturated heterocycles. The number of carbonyl (C=O) groups excluding carboxylic acids is 1. The Morgan fingerprint density at radius 1 is 1.53 bits per heavy atom. The van der Waals surface area contributed by atoms with Gasteiger partial charge in [-0.25, -0.2) is 4.39 Å². The van der Waals surface area contributed by atoms with Gasteiger partial charge in [-0.2, -0.15) is 0 Å². The molecule has 0 aliphatic heterocycles. The number of alkyl halides is 1. The third-order valence-electron chi connectivity index (χ3n) is 1.81. The maximum absolute atomic E-state index is 13.2. The number of aromatic hydroxyl groups is 1. The van der Waals surface area contributed by atoms with Crippen LogP contribution in [0.25, 0.3) is 0 Å². The van der Waals surface area contributed by atoms with Crippen LogP contribution >= 0.6 is 11.6 Å². The molecule has 82 valence electrons. The van der Waals surface area contributed by atoms with E-state index in [9.17, 15) is 14.3 Å². The van der Waals surface area contributed by atoms with Gasteiger partial charge in [-0.3, -0.25) is 4.79 Å². The molecule has 1 aromatic rings. The molecule has 0 unspecified atom stereocenters. The smallest absolute Gasteiger partial charge is 0.258 e. The minimum atomic E-state index is -0.738. The van der Waals surface area contributed by atoms with Crippen LogP contribution in [0.5, 0.6) is 5.75 Å². The lowest BCUT2D eigenvalue weighted by molar-refractivity contribution is 0.0947. The molecule has 0 aromatic heterocycles. The number of benzene rings is 1. The van der Waals surface area contributed by atoms with Gasteiger partial charge in [0.05, 0.1) is 0 Å². The average molecular weight is 232 g/mol. The summed E-state index contributed by atoms with van der Waals surface area (Å²) in [5.74, 6) is -1.31. The molecule has 0 aliphatic carbocycles. The van der Waals surface area contributed by atoms with E-state index in [-0.39, 0.29) is 11.3 Å². The normalized spacial score (nSPS) is 10.0. The zero-order chi connectivity index (χ0) is 11.3. The molecule has 0 bridgehead atoms. The third-order valence-corrected chi connectivity index (χ3v) is 2.08. The first-order valence-electron chi connectivity index (χ1n) is 4.48. The molecule has 5 heteroatoms. The van der Waals surface area contributed by atoms with Crippen LogP contribution in [-0.4, -0.2) is 23.4 Å². The van der Waals surface area contributed by atoms with Crippen molar-refractivity contribution in [1.29, 1.82) is 0 Å². The summed E-state index contributed by atoms with van der Waals surface area (Å²) in [6.07, 6.45) is 0.600. The van der Waals surface area contributed by atoms with Gasteiger partial charge in [0.15, 0.2) is 0 Å². The monoisotopic (exact) mass is 231 g/mol. The first-order valence-corrected chi connectivity index (χ1v) is 5.02. The fourth-order valence-corrected chi connectivity index (χ4v) is 1.23. The number of hydrogen-bond acceptors (Lipinski definition) is 2. The van der Waals surface area contributed by atoms with Crippen LogP contribution in [-0.2, 0) is 0 Å². The van der Waals surface area contributed by atoms with Crippen LogP contribution in [0.15, 0.2) is 18.2 Å². The van der Waals surface area contributed by atoms with Gasteiger partial charge in [0.1, 0.15) is 17.1 Å². The highest BCUT2D eigenvalue weighted by Crippen LogP contribution is 2.19. The fourth-order valence-electron chi connectivity index (χ4n) is 1.09. The quantitative estimate of drug-likeness (QED) is 0.614. The lowest BCUT2D eigenvalue weighted by atomic mass is 10.1. The minimum Gasteiger partial charge on any atom is -0.507 e. The van der Waals surface area contributed by atoms with Crippen molar-refractivity contribution in [3.63, 3.8) is 0 Å². The number of carbonyl (C=O) groups is 1. The Morgan fingerprint density at radius 3 is 2.87 bits per heavy atom. The van der Waals surface area contributed by atoms with Gasteiger partial charge in [0.25, 0.3) is 5.91 Å². The summed E-state index contributed by atoms with van der Waals surface area (Å²) in [7, 11) is 0. The maximum Gasteiger partial charge on any atom is 0.258 e. The SMILES string of the molecule is O=C(NCCCCl)c1c(O)cccc1F. The molecule has 3 nitrogen and oxygen atoms in total. The molecular weight excluding hydrogens is 221 g/mol. The van der Waals surface area contributed by atoms with Crippen molar-refractivity contribution < 1.29 is 14.3 Å². The van der Waals surface area contributed by atoms with Crippen molar-refractivity contribution in [2.45, 2.75) is 6.42 Å². The predicted molar refractivity (Wildman–Crippen MR) is 55.7 cm³/mol. The number of rotatable bonds is 4. The number of amides is 1. The molecule has 1 rings (SSSR count). The van der Waals surface area contributed by atoms with Crippen molar-refractivity contribution in [3.05, 3.63) is 29.6 Å². The Morgan fingerprint density at radius 2 is 2.27 bits per heavy atom. The zero-order valence-corrected chi connectivity index (χ0v) is 8.72. The second-order valence-electron chi connectivity index (χ2n) is 2.93. The van der Waals surface area contributed by atoms with E-state index in [0.717, 1.165) is 6.07 Å². The lowest BCUT2D eigenvalue weighted by Crippen LogP contribution is -2.25. The van der Waals surface area contributed by atoms with Crippen LogP contribution in [0.2, 0.25) is 0 Å². The van der Waals surface area contributed by atoms with Crippen LogP contribution in [0.4, 0.5) is 4.39 Å². The van der Waals surface area contributed by atoms with E-state index < -0.39 is 11.7 Å². The minimum absolute atomic E-state index is 0.327. The van der Waals surface area contributed by atoms with Crippen LogP contribution in [0, 0.1) is 5.82 Å². The average Bonchev–Trinajstić information content (AvgIpc) is 2.18. The van der Waals surface area contributed by atoms with Crippen molar-refractivity contribution in [1.82, 2.24) is 5.32 Å². The van der Waals surface area contributed by atoms with E-state index in [1.54, 1.807) is 0 Å². The topological polar surface area (TPSA) is 49.3 Å². The van der Waals surface area contributed by atoms with Gasteiger partial charge in [-0.1, -0.05) is 6.07 Å². The molecule has 0 fully saturated rings.